The van der Waals surface area contributed by atoms with E-state index in [1.165, 1.54) is 18.5 Å². The summed E-state index contributed by atoms with van der Waals surface area (Å²) in [6, 6.07) is 3.15. The van der Waals surface area contributed by atoms with Gasteiger partial charge in [-0.15, -0.1) is 0 Å². The molecule has 1 aromatic carbocycles. The number of nitrogens with zero attached hydrogens (tertiary/aromatic N) is 3. The van der Waals surface area contributed by atoms with Gasteiger partial charge in [-0.3, -0.25) is 4.79 Å². The van der Waals surface area contributed by atoms with Gasteiger partial charge in [0.25, 0.3) is 5.91 Å². The van der Waals surface area contributed by atoms with Gasteiger partial charge in [-0.2, -0.15) is 0 Å². The number of halogens is 2. The number of carbonyl (C=O) groups is 1. The van der Waals surface area contributed by atoms with Crippen LogP contribution in [0.5, 0.6) is 0 Å². The van der Waals surface area contributed by atoms with Crippen LogP contribution in [0.3, 0.4) is 0 Å². The molecule has 1 aromatic heterocycles. The van der Waals surface area contributed by atoms with E-state index in [0.717, 1.165) is 25.0 Å². The van der Waals surface area contributed by atoms with Crippen molar-refractivity contribution in [2.24, 2.45) is 0 Å². The number of carbonyl (C=O) groups excluding carboxylic acids is 1. The van der Waals surface area contributed by atoms with Gasteiger partial charge in [0.15, 0.2) is 0 Å². The van der Waals surface area contributed by atoms with E-state index in [9.17, 15) is 13.6 Å². The fraction of sp³-hybridized carbons (Fsp3) is 0.312. The molecule has 0 saturated carbocycles. The maximum atomic E-state index is 13.5. The molecule has 1 N–H and O–H groups in total. The second-order valence-corrected chi connectivity index (χ2v) is 5.12. The van der Waals surface area contributed by atoms with Gasteiger partial charge < -0.3 is 10.2 Å². The minimum Gasteiger partial charge on any atom is -0.342 e. The quantitative estimate of drug-likeness (QED) is 0.886. The third kappa shape index (κ3) is 4.45. The predicted octanol–water partition coefficient (Wildman–Crippen LogP) is 3.37. The molecule has 23 heavy (non-hydrogen) atoms. The summed E-state index contributed by atoms with van der Waals surface area (Å²) in [6.45, 7) is 2.71. The SMILES string of the molecule is CCCCN(C)C(=O)c1cnc(Nc2ccc(F)cc2F)nc1. The summed E-state index contributed by atoms with van der Waals surface area (Å²) in [7, 11) is 1.72. The third-order valence-corrected chi connectivity index (χ3v) is 3.27. The van der Waals surface area contributed by atoms with Crippen LogP contribution in [0.15, 0.2) is 30.6 Å². The Kier molecular flexibility index (Phi) is 5.56. The van der Waals surface area contributed by atoms with Crippen LogP contribution >= 0.6 is 0 Å². The van der Waals surface area contributed by atoms with E-state index >= 15 is 0 Å². The number of aromatic nitrogens is 2. The highest BCUT2D eigenvalue weighted by Gasteiger charge is 2.12. The molecular weight excluding hydrogens is 302 g/mol. The monoisotopic (exact) mass is 320 g/mol. The molecule has 5 nitrogen and oxygen atoms in total. The Morgan fingerprint density at radius 2 is 1.96 bits per heavy atom. The van der Waals surface area contributed by atoms with Crippen molar-refractivity contribution in [2.75, 3.05) is 18.9 Å². The van der Waals surface area contributed by atoms with Gasteiger partial charge in [-0.25, -0.2) is 18.7 Å². The summed E-state index contributed by atoms with van der Waals surface area (Å²) < 4.78 is 26.4. The van der Waals surface area contributed by atoms with E-state index in [1.807, 2.05) is 0 Å². The molecule has 0 bridgehead atoms. The maximum Gasteiger partial charge on any atom is 0.256 e. The highest BCUT2D eigenvalue weighted by Crippen LogP contribution is 2.18. The maximum absolute atomic E-state index is 13.5. The highest BCUT2D eigenvalue weighted by atomic mass is 19.1. The Bertz CT molecular complexity index is 676. The number of unbranched alkanes of at least 4 members (excludes halogenated alkanes) is 1. The zero-order valence-electron chi connectivity index (χ0n) is 13.0. The first-order valence-corrected chi connectivity index (χ1v) is 7.31. The molecule has 0 atom stereocenters. The Morgan fingerprint density at radius 1 is 1.26 bits per heavy atom. The molecule has 0 aliphatic carbocycles. The van der Waals surface area contributed by atoms with Crippen molar-refractivity contribution in [3.8, 4) is 0 Å². The van der Waals surface area contributed by atoms with Crippen LogP contribution in [0, 0.1) is 11.6 Å². The van der Waals surface area contributed by atoms with Crippen molar-refractivity contribution < 1.29 is 13.6 Å². The summed E-state index contributed by atoms with van der Waals surface area (Å²) in [5.41, 5.74) is 0.416. The Morgan fingerprint density at radius 3 is 2.57 bits per heavy atom. The lowest BCUT2D eigenvalue weighted by Crippen LogP contribution is -2.27. The molecule has 0 fully saturated rings. The standard InChI is InChI=1S/C16H18F2N4O/c1-3-4-7-22(2)15(23)11-9-19-16(20-10-11)21-14-6-5-12(17)8-13(14)18/h5-6,8-10H,3-4,7H2,1-2H3,(H,19,20,21). The van der Waals surface area contributed by atoms with Gasteiger partial charge in [0.2, 0.25) is 5.95 Å². The van der Waals surface area contributed by atoms with E-state index in [4.69, 9.17) is 0 Å². The van der Waals surface area contributed by atoms with Gasteiger partial charge in [0.05, 0.1) is 11.3 Å². The topological polar surface area (TPSA) is 58.1 Å². The van der Waals surface area contributed by atoms with E-state index in [-0.39, 0.29) is 17.5 Å². The molecule has 2 rings (SSSR count). The van der Waals surface area contributed by atoms with Crippen molar-refractivity contribution in [3.05, 3.63) is 47.8 Å². The minimum absolute atomic E-state index is 0.0607. The number of anilines is 2. The van der Waals surface area contributed by atoms with E-state index < -0.39 is 11.6 Å². The molecule has 1 amide bonds. The zero-order chi connectivity index (χ0) is 16.8. The summed E-state index contributed by atoms with van der Waals surface area (Å²) in [5.74, 6) is -1.45. The Hall–Kier alpha value is -2.57. The second kappa shape index (κ2) is 7.62. The fourth-order valence-electron chi connectivity index (χ4n) is 1.93. The average molecular weight is 320 g/mol. The number of hydrogen-bond donors (Lipinski definition) is 1. The average Bonchev–Trinajstić information content (AvgIpc) is 2.55. The third-order valence-electron chi connectivity index (χ3n) is 3.27. The predicted molar refractivity (Wildman–Crippen MR) is 83.5 cm³/mol. The summed E-state index contributed by atoms with van der Waals surface area (Å²) in [4.78, 5) is 21.7. The minimum atomic E-state index is -0.743. The van der Waals surface area contributed by atoms with Crippen LogP contribution in [-0.2, 0) is 0 Å². The van der Waals surface area contributed by atoms with Crippen LogP contribution in [0.2, 0.25) is 0 Å². The lowest BCUT2D eigenvalue weighted by molar-refractivity contribution is 0.0792. The number of nitrogens with one attached hydrogen (secondary N) is 1. The van der Waals surface area contributed by atoms with Crippen LogP contribution in [0.25, 0.3) is 0 Å². The molecule has 7 heteroatoms. The first-order valence-electron chi connectivity index (χ1n) is 7.31. The summed E-state index contributed by atoms with van der Waals surface area (Å²) in [5, 5.41) is 2.64. The Labute approximate surface area is 133 Å². The van der Waals surface area contributed by atoms with Crippen LogP contribution < -0.4 is 5.32 Å². The van der Waals surface area contributed by atoms with Gasteiger partial charge in [0.1, 0.15) is 11.6 Å². The smallest absolute Gasteiger partial charge is 0.256 e. The van der Waals surface area contributed by atoms with E-state index in [0.29, 0.717) is 12.1 Å². The van der Waals surface area contributed by atoms with E-state index in [2.05, 4.69) is 22.2 Å². The lowest BCUT2D eigenvalue weighted by Gasteiger charge is -2.16. The van der Waals surface area contributed by atoms with Crippen LogP contribution in [0.1, 0.15) is 30.1 Å². The van der Waals surface area contributed by atoms with Gasteiger partial charge in [-0.1, -0.05) is 13.3 Å². The summed E-state index contributed by atoms with van der Waals surface area (Å²) >= 11 is 0. The number of rotatable bonds is 6. The molecule has 0 spiro atoms. The van der Waals surface area contributed by atoms with Crippen molar-refractivity contribution in [2.45, 2.75) is 19.8 Å². The Balaban J connectivity index is 2.05. The molecule has 0 aliphatic heterocycles. The number of amides is 1. The number of hydrogen-bond acceptors (Lipinski definition) is 4. The molecule has 0 aliphatic rings. The first-order chi connectivity index (χ1) is 11.0. The van der Waals surface area contributed by atoms with Crippen molar-refractivity contribution in [1.82, 2.24) is 14.9 Å². The van der Waals surface area contributed by atoms with Crippen molar-refractivity contribution in [1.29, 1.82) is 0 Å². The molecule has 0 unspecified atom stereocenters. The molecule has 0 saturated heterocycles. The van der Waals surface area contributed by atoms with Gasteiger partial charge in [-0.05, 0) is 18.6 Å². The van der Waals surface area contributed by atoms with Crippen molar-refractivity contribution in [3.63, 3.8) is 0 Å². The zero-order valence-corrected chi connectivity index (χ0v) is 13.0. The van der Waals surface area contributed by atoms with E-state index in [1.54, 1.807) is 11.9 Å². The molecule has 122 valence electrons. The molecule has 0 radical (unpaired) electrons. The van der Waals surface area contributed by atoms with Gasteiger partial charge in [0, 0.05) is 32.1 Å². The second-order valence-electron chi connectivity index (χ2n) is 5.12. The normalized spacial score (nSPS) is 10.4. The summed E-state index contributed by atoms with van der Waals surface area (Å²) in [6.07, 6.45) is 4.68. The van der Waals surface area contributed by atoms with Crippen molar-refractivity contribution >= 4 is 17.5 Å². The number of benzene rings is 1. The van der Waals surface area contributed by atoms with Gasteiger partial charge >= 0.3 is 0 Å². The molecular formula is C16H18F2N4O. The first kappa shape index (κ1) is 16.8. The fourth-order valence-corrected chi connectivity index (χ4v) is 1.93. The van der Waals surface area contributed by atoms with Crippen LogP contribution in [0.4, 0.5) is 20.4 Å². The van der Waals surface area contributed by atoms with Crippen LogP contribution in [-0.4, -0.2) is 34.4 Å². The highest BCUT2D eigenvalue weighted by molar-refractivity contribution is 5.93. The molecule has 1 heterocycles. The lowest BCUT2D eigenvalue weighted by atomic mass is 10.2. The largest absolute Gasteiger partial charge is 0.342 e. The molecule has 2 aromatic rings.